The summed E-state index contributed by atoms with van der Waals surface area (Å²) in [5.41, 5.74) is 3.03. The van der Waals surface area contributed by atoms with Gasteiger partial charge in [0.2, 0.25) is 5.56 Å². The van der Waals surface area contributed by atoms with Gasteiger partial charge < -0.3 is 20.9 Å². The van der Waals surface area contributed by atoms with Gasteiger partial charge in [0.15, 0.2) is 0 Å². The molecular weight excluding hydrogens is 454 g/mol. The molecule has 1 heterocycles. The second kappa shape index (κ2) is 9.86. The number of benzene rings is 2. The Morgan fingerprint density at radius 2 is 1.72 bits per heavy atom. The topological polar surface area (TPSA) is 127 Å². The molecule has 0 aliphatic heterocycles. The number of hydrogen-bond acceptors (Lipinski definition) is 5. The minimum atomic E-state index is -0.332. The molecule has 2 fully saturated rings. The molecule has 0 radical (unpaired) electrons. The van der Waals surface area contributed by atoms with Crippen molar-refractivity contribution in [1.82, 2.24) is 15.6 Å². The van der Waals surface area contributed by atoms with Gasteiger partial charge in [-0.05, 0) is 55.4 Å². The van der Waals surface area contributed by atoms with Crippen molar-refractivity contribution in [2.45, 2.75) is 56.5 Å². The van der Waals surface area contributed by atoms with Crippen LogP contribution in [0.5, 0.6) is 0 Å². The van der Waals surface area contributed by atoms with Gasteiger partial charge in [0.25, 0.3) is 11.8 Å². The SMILES string of the molecule is CNC(=O)c1cc(C2CC2)cc(C#N)c1N[C@@H]1CCCC[C@@H]1NC(=O)c1cc(=O)[nH]c2ccccc12. The van der Waals surface area contributed by atoms with E-state index in [0.717, 1.165) is 44.1 Å². The van der Waals surface area contributed by atoms with Crippen molar-refractivity contribution in [2.24, 2.45) is 0 Å². The summed E-state index contributed by atoms with van der Waals surface area (Å²) in [6.07, 6.45) is 5.59. The smallest absolute Gasteiger partial charge is 0.253 e. The predicted octanol–water partition coefficient (Wildman–Crippen LogP) is 3.79. The van der Waals surface area contributed by atoms with E-state index in [1.165, 1.54) is 6.07 Å². The summed E-state index contributed by atoms with van der Waals surface area (Å²) in [7, 11) is 1.58. The first-order chi connectivity index (χ1) is 17.5. The van der Waals surface area contributed by atoms with E-state index in [4.69, 9.17) is 0 Å². The predicted molar refractivity (Wildman–Crippen MR) is 138 cm³/mol. The highest BCUT2D eigenvalue weighted by Crippen LogP contribution is 2.42. The number of aromatic nitrogens is 1. The average Bonchev–Trinajstić information content (AvgIpc) is 3.74. The number of H-pyrrole nitrogens is 1. The van der Waals surface area contributed by atoms with E-state index in [-0.39, 0.29) is 29.5 Å². The van der Waals surface area contributed by atoms with Crippen LogP contribution in [0.3, 0.4) is 0 Å². The second-order valence-corrected chi connectivity index (χ2v) is 9.66. The van der Waals surface area contributed by atoms with Crippen molar-refractivity contribution in [3.8, 4) is 6.07 Å². The molecule has 1 aromatic heterocycles. The number of anilines is 1. The molecule has 3 aromatic rings. The van der Waals surface area contributed by atoms with Gasteiger partial charge in [0, 0.05) is 36.1 Å². The second-order valence-electron chi connectivity index (χ2n) is 9.66. The first kappa shape index (κ1) is 23.6. The number of aromatic amines is 1. The van der Waals surface area contributed by atoms with Crippen LogP contribution in [0.4, 0.5) is 5.69 Å². The molecule has 8 heteroatoms. The maximum absolute atomic E-state index is 13.3. The van der Waals surface area contributed by atoms with Crippen molar-refractivity contribution in [3.63, 3.8) is 0 Å². The van der Waals surface area contributed by atoms with E-state index >= 15 is 0 Å². The highest BCUT2D eigenvalue weighted by atomic mass is 16.2. The maximum atomic E-state index is 13.3. The Morgan fingerprint density at radius 3 is 2.44 bits per heavy atom. The van der Waals surface area contributed by atoms with Crippen molar-refractivity contribution < 1.29 is 9.59 Å². The summed E-state index contributed by atoms with van der Waals surface area (Å²) in [6.45, 7) is 0. The summed E-state index contributed by atoms with van der Waals surface area (Å²) in [4.78, 5) is 41.1. The first-order valence-electron chi connectivity index (χ1n) is 12.5. The minimum Gasteiger partial charge on any atom is -0.379 e. The van der Waals surface area contributed by atoms with Crippen LogP contribution >= 0.6 is 0 Å². The molecule has 0 saturated heterocycles. The number of pyridine rings is 1. The zero-order chi connectivity index (χ0) is 25.2. The number of carbonyl (C=O) groups is 2. The van der Waals surface area contributed by atoms with Crippen LogP contribution in [0.15, 0.2) is 47.3 Å². The summed E-state index contributed by atoms with van der Waals surface area (Å²) >= 11 is 0. The molecule has 2 aromatic carbocycles. The summed E-state index contributed by atoms with van der Waals surface area (Å²) in [5.74, 6) is -0.157. The van der Waals surface area contributed by atoms with Gasteiger partial charge in [-0.1, -0.05) is 31.0 Å². The van der Waals surface area contributed by atoms with Crippen molar-refractivity contribution in [3.05, 3.63) is 75.1 Å². The largest absolute Gasteiger partial charge is 0.379 e. The molecule has 8 nitrogen and oxygen atoms in total. The van der Waals surface area contributed by atoms with Crippen LogP contribution in [-0.4, -0.2) is 35.9 Å². The van der Waals surface area contributed by atoms with Crippen LogP contribution in [0.1, 0.15) is 76.3 Å². The summed E-state index contributed by atoms with van der Waals surface area (Å²) in [6, 6.07) is 14.2. The van der Waals surface area contributed by atoms with Crippen molar-refractivity contribution in [1.29, 1.82) is 5.26 Å². The van der Waals surface area contributed by atoms with Gasteiger partial charge in [-0.3, -0.25) is 14.4 Å². The average molecular weight is 484 g/mol. The molecule has 2 aliphatic rings. The fraction of sp³-hybridized carbons (Fsp3) is 0.357. The lowest BCUT2D eigenvalue weighted by Gasteiger charge is -2.34. The van der Waals surface area contributed by atoms with Crippen LogP contribution in [0, 0.1) is 11.3 Å². The van der Waals surface area contributed by atoms with Crippen molar-refractivity contribution >= 4 is 28.4 Å². The summed E-state index contributed by atoms with van der Waals surface area (Å²) < 4.78 is 0. The first-order valence-corrected chi connectivity index (χ1v) is 12.5. The quantitative estimate of drug-likeness (QED) is 0.424. The van der Waals surface area contributed by atoms with E-state index in [9.17, 15) is 19.6 Å². The Balaban J connectivity index is 1.45. The van der Waals surface area contributed by atoms with Gasteiger partial charge in [0.05, 0.1) is 22.4 Å². The number of para-hydroxylation sites is 1. The molecule has 36 heavy (non-hydrogen) atoms. The normalized spacial score (nSPS) is 19.3. The van der Waals surface area contributed by atoms with Gasteiger partial charge in [0.1, 0.15) is 6.07 Å². The molecule has 2 amide bonds. The Kier molecular flexibility index (Phi) is 6.47. The van der Waals surface area contributed by atoms with Gasteiger partial charge in [-0.15, -0.1) is 0 Å². The Bertz CT molecular complexity index is 1430. The number of fused-ring (bicyclic) bond motifs is 1. The van der Waals surface area contributed by atoms with Crippen molar-refractivity contribution in [2.75, 3.05) is 12.4 Å². The van der Waals surface area contributed by atoms with Crippen LogP contribution in [-0.2, 0) is 0 Å². The Morgan fingerprint density at radius 1 is 0.972 bits per heavy atom. The number of nitriles is 1. The molecule has 184 valence electrons. The van der Waals surface area contributed by atoms with E-state index in [1.54, 1.807) is 13.1 Å². The van der Waals surface area contributed by atoms with E-state index in [1.807, 2.05) is 30.3 Å². The molecule has 2 aliphatic carbocycles. The Hall–Kier alpha value is -4.12. The number of amides is 2. The Labute approximate surface area is 209 Å². The highest BCUT2D eigenvalue weighted by molar-refractivity contribution is 6.06. The third kappa shape index (κ3) is 4.69. The lowest BCUT2D eigenvalue weighted by atomic mass is 9.89. The third-order valence-corrected chi connectivity index (χ3v) is 7.21. The molecule has 2 atom stereocenters. The standard InChI is InChI=1S/C28H29N5O3/c1-30-27(35)21-13-17(16-10-11-16)12-18(15-29)26(21)32-23-8-4-5-9-24(23)33-28(36)20-14-25(34)31-22-7-3-2-6-19(20)22/h2-3,6-7,12-14,16,23-24,32H,4-5,8-11H2,1H3,(H,30,35)(H,31,34)(H,33,36)/t23-,24+/m1/s1. The van der Waals surface area contributed by atoms with Crippen LogP contribution in [0.2, 0.25) is 0 Å². The molecular formula is C28H29N5O3. The maximum Gasteiger partial charge on any atom is 0.253 e. The fourth-order valence-electron chi connectivity index (χ4n) is 5.17. The third-order valence-electron chi connectivity index (χ3n) is 7.21. The van der Waals surface area contributed by atoms with Gasteiger partial charge >= 0.3 is 0 Å². The van der Waals surface area contributed by atoms with E-state index in [0.29, 0.717) is 39.2 Å². The number of nitrogens with zero attached hydrogens (tertiary/aromatic N) is 1. The van der Waals surface area contributed by atoms with E-state index < -0.39 is 0 Å². The zero-order valence-corrected chi connectivity index (χ0v) is 20.2. The molecule has 2 saturated carbocycles. The summed E-state index contributed by atoms with van der Waals surface area (Å²) in [5, 5.41) is 19.9. The van der Waals surface area contributed by atoms with Gasteiger partial charge in [-0.25, -0.2) is 0 Å². The van der Waals surface area contributed by atoms with Crippen LogP contribution in [0.25, 0.3) is 10.9 Å². The number of nitrogens with one attached hydrogen (secondary N) is 4. The zero-order valence-electron chi connectivity index (χ0n) is 20.2. The lowest BCUT2D eigenvalue weighted by molar-refractivity contribution is 0.0922. The molecule has 0 spiro atoms. The molecule has 5 rings (SSSR count). The fourth-order valence-corrected chi connectivity index (χ4v) is 5.17. The monoisotopic (exact) mass is 483 g/mol. The molecule has 4 N–H and O–H groups in total. The molecule has 0 bridgehead atoms. The lowest BCUT2D eigenvalue weighted by Crippen LogP contribution is -2.49. The number of hydrogen-bond donors (Lipinski definition) is 4. The van der Waals surface area contributed by atoms with Crippen LogP contribution < -0.4 is 21.5 Å². The van der Waals surface area contributed by atoms with Gasteiger partial charge in [-0.2, -0.15) is 5.26 Å². The number of carbonyl (C=O) groups excluding carboxylic acids is 2. The number of rotatable bonds is 6. The highest BCUT2D eigenvalue weighted by Gasteiger charge is 2.31. The van der Waals surface area contributed by atoms with E-state index in [2.05, 4.69) is 27.0 Å². The minimum absolute atomic E-state index is 0.168. The molecule has 0 unspecified atom stereocenters.